The summed E-state index contributed by atoms with van der Waals surface area (Å²) in [5.41, 5.74) is 1.33. The number of nitrogens with zero attached hydrogens (tertiary/aromatic N) is 2. The van der Waals surface area contributed by atoms with Crippen LogP contribution in [0.5, 0.6) is 5.75 Å². The van der Waals surface area contributed by atoms with Gasteiger partial charge in [-0.05, 0) is 55.2 Å². The number of carbonyl (C=O) groups is 1. The first-order valence-corrected chi connectivity index (χ1v) is 8.21. The van der Waals surface area contributed by atoms with Gasteiger partial charge in [-0.25, -0.2) is 0 Å². The molecule has 118 valence electrons. The summed E-state index contributed by atoms with van der Waals surface area (Å²) in [5.74, 6) is 1.78. The summed E-state index contributed by atoms with van der Waals surface area (Å²) in [6.07, 6.45) is 6.07. The van der Waals surface area contributed by atoms with E-state index in [4.69, 9.17) is 4.74 Å². The summed E-state index contributed by atoms with van der Waals surface area (Å²) in [7, 11) is 0. The van der Waals surface area contributed by atoms with Crippen LogP contribution in [0.3, 0.4) is 0 Å². The van der Waals surface area contributed by atoms with Gasteiger partial charge in [-0.1, -0.05) is 0 Å². The Hall–Kier alpha value is -2.20. The summed E-state index contributed by atoms with van der Waals surface area (Å²) >= 11 is 0. The van der Waals surface area contributed by atoms with Crippen molar-refractivity contribution in [1.29, 1.82) is 0 Å². The largest absolute Gasteiger partial charge is 0.492 e. The molecule has 4 heteroatoms. The molecule has 0 spiro atoms. The van der Waals surface area contributed by atoms with Gasteiger partial charge in [0.2, 0.25) is 0 Å². The molecule has 4 nitrogen and oxygen atoms in total. The number of ether oxygens (including phenoxy) is 1. The fourth-order valence-corrected chi connectivity index (χ4v) is 2.80. The van der Waals surface area contributed by atoms with Gasteiger partial charge in [-0.15, -0.1) is 0 Å². The van der Waals surface area contributed by atoms with E-state index in [9.17, 15) is 4.79 Å². The Morgan fingerprint density at radius 1 is 1.09 bits per heavy atom. The fraction of sp³-hybridized carbons (Fsp3) is 0.368. The number of rotatable bonds is 7. The second kappa shape index (κ2) is 6.13. The Balaban J connectivity index is 1.30. The van der Waals surface area contributed by atoms with Gasteiger partial charge in [-0.3, -0.25) is 14.7 Å². The SMILES string of the molecule is O=C(c1ccncc1)c1ccc(OCC2CN2CC2CC2)cc1. The van der Waals surface area contributed by atoms with E-state index >= 15 is 0 Å². The third-order valence-corrected chi connectivity index (χ3v) is 4.52. The van der Waals surface area contributed by atoms with Gasteiger partial charge in [-0.2, -0.15) is 0 Å². The summed E-state index contributed by atoms with van der Waals surface area (Å²) in [5, 5.41) is 0. The Morgan fingerprint density at radius 2 is 1.78 bits per heavy atom. The van der Waals surface area contributed by atoms with E-state index in [2.05, 4.69) is 9.88 Å². The normalized spacial score (nSPS) is 22.6. The van der Waals surface area contributed by atoms with Crippen LogP contribution in [0, 0.1) is 5.92 Å². The molecule has 23 heavy (non-hydrogen) atoms. The Labute approximate surface area is 136 Å². The summed E-state index contributed by atoms with van der Waals surface area (Å²) < 4.78 is 5.84. The molecule has 2 aliphatic rings. The monoisotopic (exact) mass is 308 g/mol. The van der Waals surface area contributed by atoms with Crippen LogP contribution >= 0.6 is 0 Å². The number of hydrogen-bond donors (Lipinski definition) is 0. The van der Waals surface area contributed by atoms with Crippen molar-refractivity contribution in [2.24, 2.45) is 5.92 Å². The van der Waals surface area contributed by atoms with Gasteiger partial charge in [0.25, 0.3) is 0 Å². The summed E-state index contributed by atoms with van der Waals surface area (Å²) in [4.78, 5) is 18.7. The van der Waals surface area contributed by atoms with Gasteiger partial charge >= 0.3 is 0 Å². The van der Waals surface area contributed by atoms with E-state index in [0.29, 0.717) is 17.2 Å². The molecule has 2 aromatic rings. The number of pyridine rings is 1. The molecule has 1 saturated carbocycles. The predicted molar refractivity (Wildman–Crippen MR) is 87.7 cm³/mol. The van der Waals surface area contributed by atoms with Crippen molar-refractivity contribution in [2.45, 2.75) is 18.9 Å². The number of hydrogen-bond acceptors (Lipinski definition) is 4. The van der Waals surface area contributed by atoms with E-state index < -0.39 is 0 Å². The molecule has 0 N–H and O–H groups in total. The van der Waals surface area contributed by atoms with E-state index in [1.165, 1.54) is 19.4 Å². The van der Waals surface area contributed by atoms with Gasteiger partial charge in [0.15, 0.2) is 5.78 Å². The maximum absolute atomic E-state index is 12.3. The Bertz CT molecular complexity index is 680. The van der Waals surface area contributed by atoms with Gasteiger partial charge in [0.1, 0.15) is 12.4 Å². The second-order valence-electron chi connectivity index (χ2n) is 6.45. The zero-order valence-electron chi connectivity index (χ0n) is 13.0. The first kappa shape index (κ1) is 14.4. The molecule has 1 aromatic heterocycles. The van der Waals surface area contributed by atoms with E-state index in [1.54, 1.807) is 24.5 Å². The van der Waals surface area contributed by atoms with Gasteiger partial charge < -0.3 is 4.74 Å². The molecule has 2 unspecified atom stereocenters. The summed E-state index contributed by atoms with van der Waals surface area (Å²) in [6, 6.07) is 11.4. The van der Waals surface area contributed by atoms with Crippen LogP contribution < -0.4 is 4.74 Å². The van der Waals surface area contributed by atoms with Crippen LogP contribution in [0.1, 0.15) is 28.8 Å². The van der Waals surface area contributed by atoms with Gasteiger partial charge in [0.05, 0.1) is 6.04 Å². The first-order valence-electron chi connectivity index (χ1n) is 8.21. The number of carbonyl (C=O) groups excluding carboxylic acids is 1. The molecule has 1 aliphatic heterocycles. The molecule has 4 rings (SSSR count). The van der Waals surface area contributed by atoms with Crippen molar-refractivity contribution in [3.05, 3.63) is 59.9 Å². The average molecular weight is 308 g/mol. The molecule has 0 bridgehead atoms. The minimum atomic E-state index is 0.0109. The lowest BCUT2D eigenvalue weighted by atomic mass is 10.0. The quantitative estimate of drug-likeness (QED) is 0.583. The molecule has 1 saturated heterocycles. The molecule has 0 radical (unpaired) electrons. The standard InChI is InChI=1S/C19H20N2O2/c22-19(16-7-9-20-10-8-16)15-3-5-18(6-4-15)23-13-17-12-21(17)11-14-1-2-14/h3-10,14,17H,1-2,11-13H2. The number of ketones is 1. The average Bonchev–Trinajstić information content (AvgIpc) is 3.53. The number of aromatic nitrogens is 1. The molecular weight excluding hydrogens is 288 g/mol. The minimum Gasteiger partial charge on any atom is -0.492 e. The highest BCUT2D eigenvalue weighted by Gasteiger charge is 2.38. The molecule has 2 heterocycles. The second-order valence-corrected chi connectivity index (χ2v) is 6.45. The smallest absolute Gasteiger partial charge is 0.193 e. The van der Waals surface area contributed by atoms with E-state index in [-0.39, 0.29) is 5.78 Å². The summed E-state index contributed by atoms with van der Waals surface area (Å²) in [6.45, 7) is 3.15. The molecular formula is C19H20N2O2. The zero-order chi connectivity index (χ0) is 15.6. The lowest BCUT2D eigenvalue weighted by Gasteiger charge is -2.07. The van der Waals surface area contributed by atoms with E-state index in [1.807, 2.05) is 24.3 Å². The maximum Gasteiger partial charge on any atom is 0.193 e. The zero-order valence-corrected chi connectivity index (χ0v) is 13.0. The van der Waals surface area contributed by atoms with Crippen molar-refractivity contribution in [2.75, 3.05) is 19.7 Å². The highest BCUT2D eigenvalue weighted by atomic mass is 16.5. The topological polar surface area (TPSA) is 42.2 Å². The van der Waals surface area contributed by atoms with Crippen LogP contribution in [-0.4, -0.2) is 41.4 Å². The van der Waals surface area contributed by atoms with Crippen molar-refractivity contribution in [3.63, 3.8) is 0 Å². The van der Waals surface area contributed by atoms with Crippen LogP contribution in [0.25, 0.3) is 0 Å². The van der Waals surface area contributed by atoms with Crippen molar-refractivity contribution >= 4 is 5.78 Å². The molecule has 1 aliphatic carbocycles. The lowest BCUT2D eigenvalue weighted by molar-refractivity contribution is 0.103. The van der Waals surface area contributed by atoms with Crippen LogP contribution in [-0.2, 0) is 0 Å². The molecule has 1 aromatic carbocycles. The Kier molecular flexibility index (Phi) is 3.83. The highest BCUT2D eigenvalue weighted by Crippen LogP contribution is 2.33. The number of benzene rings is 1. The van der Waals surface area contributed by atoms with Crippen LogP contribution in [0.2, 0.25) is 0 Å². The van der Waals surface area contributed by atoms with Gasteiger partial charge in [0, 0.05) is 36.6 Å². The Morgan fingerprint density at radius 3 is 2.48 bits per heavy atom. The molecule has 2 atom stereocenters. The predicted octanol–water partition coefficient (Wildman–Crippen LogP) is 2.79. The molecule has 2 fully saturated rings. The fourth-order valence-electron chi connectivity index (χ4n) is 2.80. The molecule has 0 amide bonds. The van der Waals surface area contributed by atoms with Crippen molar-refractivity contribution < 1.29 is 9.53 Å². The van der Waals surface area contributed by atoms with Crippen LogP contribution in [0.4, 0.5) is 0 Å². The minimum absolute atomic E-state index is 0.0109. The first-order chi connectivity index (χ1) is 11.3. The third kappa shape index (κ3) is 3.59. The lowest BCUT2D eigenvalue weighted by Crippen LogP contribution is -2.12. The third-order valence-electron chi connectivity index (χ3n) is 4.52. The maximum atomic E-state index is 12.3. The van der Waals surface area contributed by atoms with E-state index in [0.717, 1.165) is 24.8 Å². The van der Waals surface area contributed by atoms with Crippen molar-refractivity contribution in [3.8, 4) is 5.75 Å². The van der Waals surface area contributed by atoms with Crippen molar-refractivity contribution in [1.82, 2.24) is 9.88 Å². The highest BCUT2D eigenvalue weighted by molar-refractivity contribution is 6.08. The van der Waals surface area contributed by atoms with Crippen LogP contribution in [0.15, 0.2) is 48.8 Å².